The van der Waals surface area contributed by atoms with Crippen molar-refractivity contribution in [3.8, 4) is 5.75 Å². The molecule has 4 rings (SSSR count). The van der Waals surface area contributed by atoms with Crippen LogP contribution in [-0.2, 0) is 9.59 Å². The summed E-state index contributed by atoms with van der Waals surface area (Å²) in [5, 5.41) is 14.3. The maximum atomic E-state index is 14.8. The second-order valence-electron chi connectivity index (χ2n) is 7.83. The molecule has 2 aromatic carbocycles. The maximum Gasteiger partial charge on any atom is 0.295 e. The predicted molar refractivity (Wildman–Crippen MR) is 118 cm³/mol. The number of nitrogens with one attached hydrogen (secondary N) is 1. The average Bonchev–Trinajstić information content (AvgIpc) is 3.08. The van der Waals surface area contributed by atoms with E-state index >= 15 is 0 Å². The molecule has 1 atom stereocenters. The minimum absolute atomic E-state index is 0.106. The van der Waals surface area contributed by atoms with Crippen LogP contribution in [0.3, 0.4) is 0 Å². The highest BCUT2D eigenvalue weighted by Gasteiger charge is 2.46. The number of rotatable bonds is 6. The third-order valence-electron chi connectivity index (χ3n) is 5.97. The Morgan fingerprint density at radius 1 is 1.09 bits per heavy atom. The number of likely N-dealkylation sites (tertiary alicyclic amines) is 1. The highest BCUT2D eigenvalue weighted by atomic mass is 19.1. The van der Waals surface area contributed by atoms with E-state index in [9.17, 15) is 19.1 Å². The fraction of sp³-hybridized carbons (Fsp3) is 0.333. The number of methoxy groups -OCH3 is 1. The van der Waals surface area contributed by atoms with Gasteiger partial charge in [0.2, 0.25) is 0 Å². The minimum atomic E-state index is -0.999. The fourth-order valence-corrected chi connectivity index (χ4v) is 4.22. The van der Waals surface area contributed by atoms with Gasteiger partial charge in [0.1, 0.15) is 17.3 Å². The number of hydrogen-bond donors (Lipinski definition) is 2. The molecule has 0 aromatic heterocycles. The largest absolute Gasteiger partial charge is 0.507 e. The number of carbonyl (C=O) groups excluding carboxylic acids is 2. The average molecular weight is 439 g/mol. The zero-order chi connectivity index (χ0) is 22.7. The summed E-state index contributed by atoms with van der Waals surface area (Å²) in [7, 11) is 1.52. The molecule has 0 radical (unpaired) electrons. The number of ketones is 1. The van der Waals surface area contributed by atoms with Gasteiger partial charge in [0.05, 0.1) is 18.7 Å². The summed E-state index contributed by atoms with van der Waals surface area (Å²) in [4.78, 5) is 29.6. The topological polar surface area (TPSA) is 82.1 Å². The van der Waals surface area contributed by atoms with Crippen LogP contribution in [-0.4, -0.2) is 73.0 Å². The SMILES string of the molecule is COc1ccc(C(O)=C2C(=O)C(=O)N(CCN3CCNCC3)[C@@H]2c2ccccc2F)cc1. The summed E-state index contributed by atoms with van der Waals surface area (Å²) in [5.41, 5.74) is 0.430. The van der Waals surface area contributed by atoms with Crippen LogP contribution in [0.5, 0.6) is 5.75 Å². The lowest BCUT2D eigenvalue weighted by molar-refractivity contribution is -0.140. The summed E-state index contributed by atoms with van der Waals surface area (Å²) < 4.78 is 20.0. The van der Waals surface area contributed by atoms with Crippen molar-refractivity contribution in [2.24, 2.45) is 0 Å². The van der Waals surface area contributed by atoms with Crippen LogP contribution < -0.4 is 10.1 Å². The molecule has 0 saturated carbocycles. The van der Waals surface area contributed by atoms with Crippen LogP contribution in [0.25, 0.3) is 5.76 Å². The number of halogens is 1. The molecular weight excluding hydrogens is 413 g/mol. The van der Waals surface area contributed by atoms with E-state index in [1.165, 1.54) is 18.1 Å². The first-order valence-electron chi connectivity index (χ1n) is 10.6. The van der Waals surface area contributed by atoms with Crippen molar-refractivity contribution >= 4 is 17.4 Å². The van der Waals surface area contributed by atoms with E-state index < -0.39 is 23.5 Å². The molecule has 2 aromatic rings. The number of ether oxygens (including phenoxy) is 1. The molecule has 0 unspecified atom stereocenters. The third-order valence-corrected chi connectivity index (χ3v) is 5.97. The Hall–Kier alpha value is -3.23. The van der Waals surface area contributed by atoms with Crippen LogP contribution in [0.2, 0.25) is 0 Å². The van der Waals surface area contributed by atoms with Gasteiger partial charge >= 0.3 is 0 Å². The van der Waals surface area contributed by atoms with E-state index in [-0.39, 0.29) is 23.4 Å². The Kier molecular flexibility index (Phi) is 6.53. The highest BCUT2D eigenvalue weighted by Crippen LogP contribution is 2.40. The molecule has 8 heteroatoms. The molecule has 32 heavy (non-hydrogen) atoms. The molecule has 0 aliphatic carbocycles. The first kappa shape index (κ1) is 22.0. The molecule has 168 valence electrons. The van der Waals surface area contributed by atoms with Gasteiger partial charge in [-0.3, -0.25) is 14.5 Å². The highest BCUT2D eigenvalue weighted by molar-refractivity contribution is 6.46. The Bertz CT molecular complexity index is 1030. The predicted octanol–water partition coefficient (Wildman–Crippen LogP) is 2.16. The number of nitrogens with zero attached hydrogens (tertiary/aromatic N) is 2. The monoisotopic (exact) mass is 439 g/mol. The van der Waals surface area contributed by atoms with E-state index in [1.807, 2.05) is 0 Å². The van der Waals surface area contributed by atoms with E-state index in [4.69, 9.17) is 4.74 Å². The summed E-state index contributed by atoms with van der Waals surface area (Å²) in [5.74, 6) is -1.82. The number of aliphatic hydroxyl groups excluding tert-OH is 1. The van der Waals surface area contributed by atoms with Gasteiger partial charge in [-0.2, -0.15) is 0 Å². The number of piperazine rings is 1. The van der Waals surface area contributed by atoms with Crippen molar-refractivity contribution < 1.29 is 23.8 Å². The van der Waals surface area contributed by atoms with Crippen LogP contribution in [0.15, 0.2) is 54.1 Å². The lowest BCUT2D eigenvalue weighted by Gasteiger charge is -2.31. The van der Waals surface area contributed by atoms with Crippen molar-refractivity contribution in [3.05, 3.63) is 71.0 Å². The molecule has 2 fully saturated rings. The van der Waals surface area contributed by atoms with Gasteiger partial charge in [-0.05, 0) is 30.3 Å². The van der Waals surface area contributed by atoms with E-state index in [0.29, 0.717) is 17.9 Å². The Balaban J connectivity index is 1.74. The van der Waals surface area contributed by atoms with Gasteiger partial charge in [-0.1, -0.05) is 18.2 Å². The second-order valence-corrected chi connectivity index (χ2v) is 7.83. The zero-order valence-corrected chi connectivity index (χ0v) is 17.9. The summed E-state index contributed by atoms with van der Waals surface area (Å²) >= 11 is 0. The molecule has 2 heterocycles. The molecule has 2 aliphatic rings. The van der Waals surface area contributed by atoms with E-state index in [0.717, 1.165) is 26.2 Å². The Morgan fingerprint density at radius 3 is 2.44 bits per heavy atom. The van der Waals surface area contributed by atoms with Gasteiger partial charge in [0, 0.05) is 50.4 Å². The number of aliphatic hydroxyl groups is 1. The number of hydrogen-bond acceptors (Lipinski definition) is 6. The number of amides is 1. The minimum Gasteiger partial charge on any atom is -0.507 e. The lowest BCUT2D eigenvalue weighted by Crippen LogP contribution is -2.46. The van der Waals surface area contributed by atoms with Gasteiger partial charge in [0.15, 0.2) is 0 Å². The summed E-state index contributed by atoms with van der Waals surface area (Å²) in [6, 6.07) is 11.5. The maximum absolute atomic E-state index is 14.8. The first-order chi connectivity index (χ1) is 15.5. The molecule has 2 N–H and O–H groups in total. The van der Waals surface area contributed by atoms with Crippen LogP contribution >= 0.6 is 0 Å². The number of carbonyl (C=O) groups is 2. The van der Waals surface area contributed by atoms with E-state index in [2.05, 4.69) is 10.2 Å². The van der Waals surface area contributed by atoms with Crippen molar-refractivity contribution in [1.29, 1.82) is 0 Å². The lowest BCUT2D eigenvalue weighted by atomic mass is 9.95. The Morgan fingerprint density at radius 2 is 1.78 bits per heavy atom. The van der Waals surface area contributed by atoms with Gasteiger partial charge in [-0.15, -0.1) is 0 Å². The second kappa shape index (κ2) is 9.50. The smallest absolute Gasteiger partial charge is 0.295 e. The molecular formula is C24H26FN3O4. The van der Waals surface area contributed by atoms with E-state index in [1.54, 1.807) is 42.5 Å². The molecule has 0 bridgehead atoms. The normalized spacial score (nSPS) is 21.2. The third kappa shape index (κ3) is 4.24. The zero-order valence-electron chi connectivity index (χ0n) is 17.9. The molecule has 2 saturated heterocycles. The van der Waals surface area contributed by atoms with Crippen molar-refractivity contribution in [3.63, 3.8) is 0 Å². The van der Waals surface area contributed by atoms with Crippen molar-refractivity contribution in [2.75, 3.05) is 46.4 Å². The molecule has 7 nitrogen and oxygen atoms in total. The first-order valence-corrected chi connectivity index (χ1v) is 10.6. The van der Waals surface area contributed by atoms with Gasteiger partial charge in [-0.25, -0.2) is 4.39 Å². The van der Waals surface area contributed by atoms with Gasteiger partial charge in [0.25, 0.3) is 11.7 Å². The molecule has 2 aliphatic heterocycles. The van der Waals surface area contributed by atoms with Crippen LogP contribution in [0.1, 0.15) is 17.2 Å². The van der Waals surface area contributed by atoms with Gasteiger partial charge < -0.3 is 20.1 Å². The Labute approximate surface area is 186 Å². The number of benzene rings is 2. The fourth-order valence-electron chi connectivity index (χ4n) is 4.22. The number of Topliss-reactive ketones (excluding diaryl/α,β-unsaturated/α-hetero) is 1. The standard InChI is InChI=1S/C24H26FN3O4/c1-32-17-8-6-16(7-9-17)22(29)20-21(18-4-2-3-5-19(18)25)28(24(31)23(20)30)15-14-27-12-10-26-11-13-27/h2-9,21,26,29H,10-15H2,1H3/t21-/m1/s1. The summed E-state index contributed by atoms with van der Waals surface area (Å²) in [6.07, 6.45) is 0. The van der Waals surface area contributed by atoms with Crippen molar-refractivity contribution in [2.45, 2.75) is 6.04 Å². The van der Waals surface area contributed by atoms with Crippen LogP contribution in [0, 0.1) is 5.82 Å². The molecule has 0 spiro atoms. The van der Waals surface area contributed by atoms with Crippen LogP contribution in [0.4, 0.5) is 4.39 Å². The summed E-state index contributed by atoms with van der Waals surface area (Å²) in [6.45, 7) is 4.19. The molecule has 1 amide bonds. The van der Waals surface area contributed by atoms with Crippen molar-refractivity contribution in [1.82, 2.24) is 15.1 Å². The quantitative estimate of drug-likeness (QED) is 0.408.